The minimum absolute atomic E-state index is 0.0163. The predicted molar refractivity (Wildman–Crippen MR) is 78.1 cm³/mol. The first-order valence-electron chi connectivity index (χ1n) is 8.97. The maximum absolute atomic E-state index is 13.0. The van der Waals surface area contributed by atoms with Crippen LogP contribution in [0.4, 0.5) is 5.69 Å². The SMILES string of the molecule is [2H]Cc1nc2c([2H])ccc(N)c2c(=O)n1C1C(=O)CC(=O)C([2H])([2H])C1[2H]. The second-order valence-corrected chi connectivity index (χ2v) is 4.68. The summed E-state index contributed by atoms with van der Waals surface area (Å²) in [5.74, 6) is -1.99. The molecule has 6 nitrogen and oxygen atoms in total. The molecule has 1 fully saturated rings. The van der Waals surface area contributed by atoms with Crippen molar-refractivity contribution in [2.75, 3.05) is 5.73 Å². The Labute approximate surface area is 127 Å². The average molecular weight is 290 g/mol. The number of benzene rings is 1. The summed E-state index contributed by atoms with van der Waals surface area (Å²) >= 11 is 0. The van der Waals surface area contributed by atoms with Crippen LogP contribution in [0, 0.1) is 6.90 Å². The van der Waals surface area contributed by atoms with E-state index in [2.05, 4.69) is 4.98 Å². The van der Waals surface area contributed by atoms with Crippen molar-refractivity contribution < 1.29 is 16.4 Å². The van der Waals surface area contributed by atoms with Gasteiger partial charge >= 0.3 is 0 Å². The Morgan fingerprint density at radius 3 is 3.10 bits per heavy atom. The third-order valence-electron chi connectivity index (χ3n) is 3.31. The van der Waals surface area contributed by atoms with Gasteiger partial charge in [0.1, 0.15) is 11.6 Å². The molecule has 2 aromatic rings. The molecule has 21 heavy (non-hydrogen) atoms. The van der Waals surface area contributed by atoms with E-state index >= 15 is 0 Å². The number of hydrogen-bond acceptors (Lipinski definition) is 5. The second-order valence-electron chi connectivity index (χ2n) is 4.68. The molecular formula is C15H15N3O3. The zero-order valence-corrected chi connectivity index (χ0v) is 10.9. The molecule has 2 atom stereocenters. The molecule has 1 aromatic carbocycles. The quantitative estimate of drug-likeness (QED) is 0.628. The summed E-state index contributed by atoms with van der Waals surface area (Å²) in [6.07, 6.45) is -5.23. The fraction of sp³-hybridized carbons (Fsp3) is 0.333. The maximum Gasteiger partial charge on any atom is 0.264 e. The number of carbonyl (C=O) groups excluding carboxylic acids is 2. The average Bonchev–Trinajstić information content (AvgIpc) is 2.58. The van der Waals surface area contributed by atoms with Crippen molar-refractivity contribution in [1.82, 2.24) is 9.55 Å². The normalized spacial score (nSPS) is 28.5. The number of Topliss-reactive ketones (excluding diaryl/α,β-unsaturated/α-hetero) is 2. The van der Waals surface area contributed by atoms with E-state index in [-0.39, 0.29) is 28.5 Å². The molecule has 108 valence electrons. The molecule has 3 rings (SSSR count). The van der Waals surface area contributed by atoms with Crippen LogP contribution in [-0.2, 0) is 9.59 Å². The number of aromatic nitrogens is 2. The van der Waals surface area contributed by atoms with Crippen molar-refractivity contribution in [3.63, 3.8) is 0 Å². The molecule has 1 saturated carbocycles. The molecule has 6 heteroatoms. The van der Waals surface area contributed by atoms with Crippen LogP contribution >= 0.6 is 0 Å². The van der Waals surface area contributed by atoms with E-state index in [1.165, 1.54) is 12.1 Å². The van der Waals surface area contributed by atoms with Crippen LogP contribution < -0.4 is 11.3 Å². The van der Waals surface area contributed by atoms with E-state index in [1.54, 1.807) is 0 Å². The molecule has 1 heterocycles. The lowest BCUT2D eigenvalue weighted by Crippen LogP contribution is -2.36. The van der Waals surface area contributed by atoms with Gasteiger partial charge < -0.3 is 5.73 Å². The standard InChI is InChI=1S/C15H15N3O3/c1-8-17-11-4-2-3-10(16)14(11)15(21)18(8)12-6-5-9(19)7-13(12)20/h2-4,12H,5-7,16H2,1H3/i1D,4D,5D2,6D. The Kier molecular flexibility index (Phi) is 1.99. The number of anilines is 1. The number of rotatable bonds is 1. The number of aryl methyl sites for hydroxylation is 1. The summed E-state index contributed by atoms with van der Waals surface area (Å²) in [4.78, 5) is 41.2. The van der Waals surface area contributed by atoms with E-state index in [9.17, 15) is 14.4 Å². The monoisotopic (exact) mass is 290 g/mol. The second kappa shape index (κ2) is 4.80. The van der Waals surface area contributed by atoms with E-state index in [1.807, 2.05) is 0 Å². The summed E-state index contributed by atoms with van der Waals surface area (Å²) in [5.41, 5.74) is 4.97. The molecule has 1 aliphatic carbocycles. The zero-order valence-electron chi connectivity index (χ0n) is 15.9. The molecule has 0 bridgehead atoms. The van der Waals surface area contributed by atoms with Gasteiger partial charge in [0.05, 0.1) is 24.7 Å². The predicted octanol–water partition coefficient (Wildman–Crippen LogP) is 1.15. The Hall–Kier alpha value is -2.50. The first kappa shape index (κ1) is 8.71. The zero-order chi connectivity index (χ0) is 19.4. The smallest absolute Gasteiger partial charge is 0.264 e. The Morgan fingerprint density at radius 2 is 2.33 bits per heavy atom. The largest absolute Gasteiger partial charge is 0.398 e. The number of nitrogens with zero attached hydrogens (tertiary/aromatic N) is 2. The van der Waals surface area contributed by atoms with E-state index in [0.717, 1.165) is 4.57 Å². The van der Waals surface area contributed by atoms with Crippen molar-refractivity contribution >= 4 is 28.2 Å². The highest BCUT2D eigenvalue weighted by atomic mass is 16.2. The molecule has 0 saturated heterocycles. The van der Waals surface area contributed by atoms with Gasteiger partial charge in [-0.15, -0.1) is 0 Å². The molecule has 2 N–H and O–H groups in total. The third kappa shape index (κ3) is 2.12. The Bertz CT molecular complexity index is 1000. The van der Waals surface area contributed by atoms with Crippen molar-refractivity contribution in [1.29, 1.82) is 0 Å². The van der Waals surface area contributed by atoms with Crippen LogP contribution in [0.2, 0.25) is 0 Å². The van der Waals surface area contributed by atoms with Gasteiger partial charge in [0.25, 0.3) is 5.56 Å². The van der Waals surface area contributed by atoms with Gasteiger partial charge in [-0.1, -0.05) is 6.07 Å². The summed E-state index contributed by atoms with van der Waals surface area (Å²) < 4.78 is 39.9. The summed E-state index contributed by atoms with van der Waals surface area (Å²) in [5, 5.41) is -0.132. The van der Waals surface area contributed by atoms with E-state index < -0.39 is 49.3 Å². The number of ketones is 2. The van der Waals surface area contributed by atoms with Gasteiger partial charge in [-0.25, -0.2) is 4.98 Å². The first-order chi connectivity index (χ1) is 12.1. The summed E-state index contributed by atoms with van der Waals surface area (Å²) in [6, 6.07) is 0.998. The molecule has 0 radical (unpaired) electrons. The summed E-state index contributed by atoms with van der Waals surface area (Å²) in [6.45, 7) is -0.535. The van der Waals surface area contributed by atoms with Crippen LogP contribution in [0.3, 0.4) is 0 Å². The molecule has 0 amide bonds. The number of nitrogens with two attached hydrogens (primary N) is 1. The number of fused-ring (bicyclic) bond motifs is 1. The molecular weight excluding hydrogens is 270 g/mol. The fourth-order valence-corrected chi connectivity index (χ4v) is 2.32. The fourth-order valence-electron chi connectivity index (χ4n) is 2.32. The third-order valence-corrected chi connectivity index (χ3v) is 3.31. The van der Waals surface area contributed by atoms with Crippen molar-refractivity contribution in [3.8, 4) is 0 Å². The van der Waals surface area contributed by atoms with Gasteiger partial charge in [-0.3, -0.25) is 19.0 Å². The molecule has 2 unspecified atom stereocenters. The highest BCUT2D eigenvalue weighted by Crippen LogP contribution is 2.24. The Balaban J connectivity index is 2.36. The van der Waals surface area contributed by atoms with Crippen LogP contribution in [0.15, 0.2) is 23.0 Å². The highest BCUT2D eigenvalue weighted by molar-refractivity contribution is 6.03. The van der Waals surface area contributed by atoms with Gasteiger partial charge in [0, 0.05) is 17.5 Å². The molecule has 1 aromatic heterocycles. The minimum atomic E-state index is -2.62. The maximum atomic E-state index is 13.0. The number of nitrogen functional groups attached to an aromatic ring is 1. The Morgan fingerprint density at radius 1 is 1.52 bits per heavy atom. The van der Waals surface area contributed by atoms with Gasteiger partial charge in [-0.2, -0.15) is 0 Å². The molecule has 0 spiro atoms. The minimum Gasteiger partial charge on any atom is -0.398 e. The first-order valence-corrected chi connectivity index (χ1v) is 6.19. The van der Waals surface area contributed by atoms with Gasteiger partial charge in [0.2, 0.25) is 0 Å². The van der Waals surface area contributed by atoms with Gasteiger partial charge in [-0.05, 0) is 25.4 Å². The van der Waals surface area contributed by atoms with Crippen molar-refractivity contribution in [3.05, 3.63) is 34.4 Å². The van der Waals surface area contributed by atoms with E-state index in [4.69, 9.17) is 12.6 Å². The van der Waals surface area contributed by atoms with Gasteiger partial charge in [0.15, 0.2) is 5.78 Å². The topological polar surface area (TPSA) is 95.0 Å². The number of hydrogen-bond donors (Lipinski definition) is 1. The van der Waals surface area contributed by atoms with Crippen molar-refractivity contribution in [2.45, 2.75) is 32.1 Å². The molecule has 0 aliphatic heterocycles. The lowest BCUT2D eigenvalue weighted by atomic mass is 9.92. The lowest BCUT2D eigenvalue weighted by molar-refractivity contribution is -0.132. The van der Waals surface area contributed by atoms with Crippen LogP contribution in [0.25, 0.3) is 10.9 Å². The van der Waals surface area contributed by atoms with Crippen LogP contribution in [-0.4, -0.2) is 21.1 Å². The molecule has 1 aliphatic rings. The van der Waals surface area contributed by atoms with Crippen molar-refractivity contribution in [2.24, 2.45) is 0 Å². The van der Waals surface area contributed by atoms with E-state index in [0.29, 0.717) is 0 Å². The van der Waals surface area contributed by atoms with Crippen LogP contribution in [0.1, 0.15) is 37.9 Å². The lowest BCUT2D eigenvalue weighted by Gasteiger charge is -2.24. The summed E-state index contributed by atoms with van der Waals surface area (Å²) in [7, 11) is 0. The van der Waals surface area contributed by atoms with Crippen LogP contribution in [0.5, 0.6) is 0 Å². The number of carbonyl (C=O) groups is 2. The highest BCUT2D eigenvalue weighted by Gasteiger charge is 2.30.